The second kappa shape index (κ2) is 5.53. The minimum absolute atomic E-state index is 0. The van der Waals surface area contributed by atoms with E-state index in [1.807, 2.05) is 19.1 Å². The lowest BCUT2D eigenvalue weighted by Gasteiger charge is -2.21. The molecule has 2 heterocycles. The summed E-state index contributed by atoms with van der Waals surface area (Å²) in [6, 6.07) is 4.78. The Labute approximate surface area is 114 Å². The molecule has 4 unspecified atom stereocenters. The zero-order chi connectivity index (χ0) is 10.4. The molecule has 1 aromatic rings. The largest absolute Gasteiger partial charge is 0.387 e. The number of pyridine rings is 1. The maximum absolute atomic E-state index is 10.2. The number of nitrogens with zero attached hydrogens (tertiary/aromatic N) is 1. The van der Waals surface area contributed by atoms with Crippen LogP contribution in [-0.4, -0.2) is 22.2 Å². The Balaban J connectivity index is 0.000000722. The molecule has 0 amide bonds. The van der Waals surface area contributed by atoms with Crippen molar-refractivity contribution in [2.45, 2.75) is 38.0 Å². The third kappa shape index (κ3) is 2.74. The Bertz CT molecular complexity index is 379. The number of aryl methyl sites for hydroxylation is 1. The molecule has 0 aromatic carbocycles. The highest BCUT2D eigenvalue weighted by Crippen LogP contribution is 2.43. The summed E-state index contributed by atoms with van der Waals surface area (Å²) in [7, 11) is 0. The van der Waals surface area contributed by atoms with E-state index in [9.17, 15) is 5.11 Å². The maximum Gasteiger partial charge on any atom is 0.0960 e. The van der Waals surface area contributed by atoms with E-state index in [2.05, 4.69) is 10.3 Å². The number of aromatic nitrogens is 1. The fourth-order valence-corrected chi connectivity index (χ4v) is 2.63. The van der Waals surface area contributed by atoms with Crippen LogP contribution in [0.1, 0.15) is 30.2 Å². The van der Waals surface area contributed by atoms with Crippen LogP contribution in [0.15, 0.2) is 18.3 Å². The molecule has 17 heavy (non-hydrogen) atoms. The van der Waals surface area contributed by atoms with Crippen LogP contribution < -0.4 is 5.32 Å². The van der Waals surface area contributed by atoms with Crippen LogP contribution in [0.25, 0.3) is 0 Å². The van der Waals surface area contributed by atoms with Gasteiger partial charge in [0.05, 0.1) is 6.10 Å². The van der Waals surface area contributed by atoms with Crippen molar-refractivity contribution in [3.63, 3.8) is 0 Å². The summed E-state index contributed by atoms with van der Waals surface area (Å²) in [5.74, 6) is 0.821. The van der Waals surface area contributed by atoms with E-state index in [0.717, 1.165) is 23.6 Å². The third-order valence-corrected chi connectivity index (χ3v) is 3.66. The van der Waals surface area contributed by atoms with Gasteiger partial charge in [-0.3, -0.25) is 4.98 Å². The van der Waals surface area contributed by atoms with Crippen LogP contribution >= 0.6 is 24.8 Å². The number of piperidine rings is 1. The van der Waals surface area contributed by atoms with Crippen molar-refractivity contribution in [3.05, 3.63) is 29.6 Å². The Kier molecular flexibility index (Phi) is 4.78. The van der Waals surface area contributed by atoms with E-state index < -0.39 is 6.10 Å². The zero-order valence-corrected chi connectivity index (χ0v) is 11.3. The second-order valence-electron chi connectivity index (χ2n) is 4.73. The van der Waals surface area contributed by atoms with E-state index in [1.165, 1.54) is 6.42 Å². The van der Waals surface area contributed by atoms with Crippen LogP contribution in [0, 0.1) is 12.8 Å². The van der Waals surface area contributed by atoms with Gasteiger partial charge in [0.2, 0.25) is 0 Å². The third-order valence-electron chi connectivity index (χ3n) is 3.66. The van der Waals surface area contributed by atoms with Gasteiger partial charge in [0.15, 0.2) is 0 Å². The van der Waals surface area contributed by atoms with E-state index in [0.29, 0.717) is 6.04 Å². The van der Waals surface area contributed by atoms with Gasteiger partial charge in [0, 0.05) is 29.5 Å². The molecule has 96 valence electrons. The molecule has 3 nitrogen and oxygen atoms in total. The number of fused-ring (bicyclic) bond motifs is 1. The van der Waals surface area contributed by atoms with Gasteiger partial charge in [-0.25, -0.2) is 0 Å². The summed E-state index contributed by atoms with van der Waals surface area (Å²) in [6.07, 6.45) is 3.78. The van der Waals surface area contributed by atoms with Gasteiger partial charge >= 0.3 is 0 Å². The zero-order valence-electron chi connectivity index (χ0n) is 9.67. The summed E-state index contributed by atoms with van der Waals surface area (Å²) >= 11 is 0. The molecule has 5 heteroatoms. The monoisotopic (exact) mass is 276 g/mol. The SMILES string of the molecule is Cc1ncccc1C(O)C1CC2CC2N1.Cl.Cl. The van der Waals surface area contributed by atoms with E-state index in [-0.39, 0.29) is 30.9 Å². The minimum atomic E-state index is -0.397. The lowest BCUT2D eigenvalue weighted by Crippen LogP contribution is -2.32. The molecule has 1 saturated carbocycles. The lowest BCUT2D eigenvalue weighted by atomic mass is 9.99. The van der Waals surface area contributed by atoms with Crippen molar-refractivity contribution in [2.24, 2.45) is 5.92 Å². The molecule has 2 N–H and O–H groups in total. The molecular formula is C12H18Cl2N2O. The highest BCUT2D eigenvalue weighted by Gasteiger charge is 2.47. The molecule has 4 atom stereocenters. The predicted octanol–water partition coefficient (Wildman–Crippen LogP) is 2.02. The van der Waals surface area contributed by atoms with E-state index >= 15 is 0 Å². The second-order valence-corrected chi connectivity index (χ2v) is 4.73. The molecule has 1 aliphatic heterocycles. The first-order valence-corrected chi connectivity index (χ1v) is 5.61. The Hall–Kier alpha value is -0.350. The molecule has 0 spiro atoms. The number of aliphatic hydroxyl groups excluding tert-OH is 1. The van der Waals surface area contributed by atoms with Gasteiger partial charge in [-0.1, -0.05) is 6.07 Å². The normalized spacial score (nSPS) is 30.8. The number of hydrogen-bond donors (Lipinski definition) is 2. The topological polar surface area (TPSA) is 45.2 Å². The average molecular weight is 277 g/mol. The first-order valence-electron chi connectivity index (χ1n) is 5.61. The molecule has 0 bridgehead atoms. The van der Waals surface area contributed by atoms with Crippen molar-refractivity contribution in [3.8, 4) is 0 Å². The Morgan fingerprint density at radius 2 is 2.18 bits per heavy atom. The van der Waals surface area contributed by atoms with E-state index in [1.54, 1.807) is 6.20 Å². The van der Waals surface area contributed by atoms with Crippen molar-refractivity contribution in [1.29, 1.82) is 0 Å². The maximum atomic E-state index is 10.2. The lowest BCUT2D eigenvalue weighted by molar-refractivity contribution is 0.130. The van der Waals surface area contributed by atoms with Gasteiger partial charge in [0.25, 0.3) is 0 Å². The summed E-state index contributed by atoms with van der Waals surface area (Å²) in [5.41, 5.74) is 1.91. The smallest absolute Gasteiger partial charge is 0.0960 e. The van der Waals surface area contributed by atoms with Crippen molar-refractivity contribution >= 4 is 24.8 Å². The van der Waals surface area contributed by atoms with Gasteiger partial charge in [-0.2, -0.15) is 0 Å². The molecule has 2 fully saturated rings. The molecule has 1 aliphatic carbocycles. The van der Waals surface area contributed by atoms with E-state index in [4.69, 9.17) is 0 Å². The standard InChI is InChI=1S/C12H16N2O.2ClH/c1-7-9(3-2-4-13-7)12(15)11-6-8-5-10(8)14-11;;/h2-4,8,10-12,14-15H,5-6H2,1H3;2*1H. The highest BCUT2D eigenvalue weighted by atomic mass is 35.5. The summed E-state index contributed by atoms with van der Waals surface area (Å²) in [5, 5.41) is 13.7. The number of halogens is 2. The number of nitrogens with one attached hydrogen (secondary N) is 1. The molecule has 3 rings (SSSR count). The van der Waals surface area contributed by atoms with Gasteiger partial charge in [-0.15, -0.1) is 24.8 Å². The van der Waals surface area contributed by atoms with Gasteiger partial charge in [-0.05, 0) is 31.7 Å². The number of rotatable bonds is 2. The van der Waals surface area contributed by atoms with Crippen LogP contribution in [0.4, 0.5) is 0 Å². The average Bonchev–Trinajstić information content (AvgIpc) is 2.86. The fourth-order valence-electron chi connectivity index (χ4n) is 2.63. The Morgan fingerprint density at radius 3 is 2.76 bits per heavy atom. The summed E-state index contributed by atoms with van der Waals surface area (Å²) in [4.78, 5) is 4.21. The van der Waals surface area contributed by atoms with Crippen LogP contribution in [0.3, 0.4) is 0 Å². The molecule has 1 aromatic heterocycles. The van der Waals surface area contributed by atoms with Crippen LogP contribution in [0.5, 0.6) is 0 Å². The molecule has 0 radical (unpaired) electrons. The molecular weight excluding hydrogens is 259 g/mol. The first-order chi connectivity index (χ1) is 7.25. The predicted molar refractivity (Wildman–Crippen MR) is 71.9 cm³/mol. The first kappa shape index (κ1) is 14.7. The van der Waals surface area contributed by atoms with Gasteiger partial charge in [0.1, 0.15) is 0 Å². The van der Waals surface area contributed by atoms with Gasteiger partial charge < -0.3 is 10.4 Å². The fraction of sp³-hybridized carbons (Fsp3) is 0.583. The van der Waals surface area contributed by atoms with Crippen molar-refractivity contribution in [1.82, 2.24) is 10.3 Å². The number of hydrogen-bond acceptors (Lipinski definition) is 3. The highest BCUT2D eigenvalue weighted by molar-refractivity contribution is 5.85. The summed E-state index contributed by atoms with van der Waals surface area (Å²) < 4.78 is 0. The number of aliphatic hydroxyl groups is 1. The van der Waals surface area contributed by atoms with Crippen molar-refractivity contribution < 1.29 is 5.11 Å². The Morgan fingerprint density at radius 1 is 1.41 bits per heavy atom. The van der Waals surface area contributed by atoms with Crippen molar-refractivity contribution in [2.75, 3.05) is 0 Å². The van der Waals surface area contributed by atoms with Crippen LogP contribution in [0.2, 0.25) is 0 Å². The minimum Gasteiger partial charge on any atom is -0.387 e. The molecule has 1 saturated heterocycles. The molecule has 2 aliphatic rings. The van der Waals surface area contributed by atoms with Crippen LogP contribution in [-0.2, 0) is 0 Å². The quantitative estimate of drug-likeness (QED) is 0.869. The summed E-state index contributed by atoms with van der Waals surface area (Å²) in [6.45, 7) is 1.95.